The van der Waals surface area contributed by atoms with Crippen molar-refractivity contribution in [3.8, 4) is 0 Å². The van der Waals surface area contributed by atoms with Gasteiger partial charge in [-0.1, -0.05) is 20.8 Å². The molecular formula is C22H28N6O5. The number of carbonyl (C=O) groups excluding carboxylic acids is 2. The molecule has 2 aromatic rings. The first-order chi connectivity index (χ1) is 15.7. The van der Waals surface area contributed by atoms with Crippen LogP contribution in [0.1, 0.15) is 40.3 Å². The topological polar surface area (TPSA) is 150 Å². The van der Waals surface area contributed by atoms with Crippen molar-refractivity contribution in [3.05, 3.63) is 22.6 Å². The lowest BCUT2D eigenvalue weighted by Crippen LogP contribution is -2.45. The number of amides is 1. The molecule has 2 aromatic heterocycles. The molecule has 4 atom stereocenters. The van der Waals surface area contributed by atoms with E-state index in [9.17, 15) is 14.4 Å². The van der Waals surface area contributed by atoms with Gasteiger partial charge in [0.25, 0.3) is 5.56 Å². The fourth-order valence-corrected chi connectivity index (χ4v) is 4.31. The summed E-state index contributed by atoms with van der Waals surface area (Å²) in [7, 11) is 0. The van der Waals surface area contributed by atoms with E-state index in [4.69, 9.17) is 15.2 Å². The van der Waals surface area contributed by atoms with Crippen LogP contribution >= 0.6 is 0 Å². The van der Waals surface area contributed by atoms with E-state index in [1.807, 2.05) is 31.5 Å². The van der Waals surface area contributed by atoms with Crippen molar-refractivity contribution in [2.24, 2.45) is 16.8 Å². The first kappa shape index (κ1) is 22.7. The van der Waals surface area contributed by atoms with Crippen LogP contribution in [0.3, 0.4) is 0 Å². The number of esters is 1. The lowest BCUT2D eigenvalue weighted by Gasteiger charge is -2.22. The molecule has 11 heteroatoms. The molecule has 0 saturated carbocycles. The van der Waals surface area contributed by atoms with E-state index < -0.39 is 17.6 Å². The highest BCUT2D eigenvalue weighted by Gasteiger charge is 2.37. The number of rotatable bonds is 6. The van der Waals surface area contributed by atoms with Gasteiger partial charge in [-0.25, -0.2) is 9.79 Å². The van der Waals surface area contributed by atoms with Crippen molar-refractivity contribution >= 4 is 46.3 Å². The zero-order valence-corrected chi connectivity index (χ0v) is 19.0. The van der Waals surface area contributed by atoms with Gasteiger partial charge in [0, 0.05) is 36.2 Å². The second-order valence-corrected chi connectivity index (χ2v) is 8.86. The molecule has 4 rings (SSSR count). The van der Waals surface area contributed by atoms with Gasteiger partial charge < -0.3 is 30.4 Å². The first-order valence-electron chi connectivity index (χ1n) is 10.9. The lowest BCUT2D eigenvalue weighted by atomic mass is 10.0. The van der Waals surface area contributed by atoms with Crippen molar-refractivity contribution < 1.29 is 19.1 Å². The molecule has 1 saturated heterocycles. The third-order valence-corrected chi connectivity index (χ3v) is 5.86. The molecule has 2 aliphatic heterocycles. The molecule has 0 bridgehead atoms. The van der Waals surface area contributed by atoms with Gasteiger partial charge in [-0.3, -0.25) is 9.59 Å². The largest absolute Gasteiger partial charge is 0.461 e. The predicted molar refractivity (Wildman–Crippen MR) is 123 cm³/mol. The highest BCUT2D eigenvalue weighted by Crippen LogP contribution is 2.43. The highest BCUT2D eigenvalue weighted by atomic mass is 16.6. The van der Waals surface area contributed by atoms with Crippen LogP contribution in [0.5, 0.6) is 0 Å². The standard InChI is InChI=1S/C22H28N6O5/c1-10(2)18(26-12(4)29)22(31)32-8-13-5-11(3)21(33-13)28-7-14-15(23)6-16(30)27-19-17(14)20(28)25-9-24-19/h6-7,9-11,13,18,21H,5,8,23H2,1-4H3,(H,26,29)(H,24,25,27,30)/t11-,13-,18-,21+/m0/s1. The Morgan fingerprint density at radius 2 is 2.18 bits per heavy atom. The number of hydrogen-bond acceptors (Lipinski definition) is 9. The summed E-state index contributed by atoms with van der Waals surface area (Å²) in [6.45, 7) is 7.17. The molecule has 0 aliphatic carbocycles. The number of ether oxygens (including phenoxy) is 2. The minimum absolute atomic E-state index is 0.0763. The maximum atomic E-state index is 12.5. The van der Waals surface area contributed by atoms with Crippen LogP contribution in [0.4, 0.5) is 17.3 Å². The van der Waals surface area contributed by atoms with Crippen molar-refractivity contribution in [2.75, 3.05) is 17.7 Å². The molecule has 1 fully saturated rings. The molecule has 0 aromatic carbocycles. The average molecular weight is 457 g/mol. The molecule has 4 N–H and O–H groups in total. The fourth-order valence-electron chi connectivity index (χ4n) is 4.31. The van der Waals surface area contributed by atoms with Crippen LogP contribution in [0.2, 0.25) is 0 Å². The van der Waals surface area contributed by atoms with E-state index in [1.165, 1.54) is 19.3 Å². The zero-order chi connectivity index (χ0) is 23.9. The monoisotopic (exact) mass is 456 g/mol. The van der Waals surface area contributed by atoms with Gasteiger partial charge in [0.2, 0.25) is 5.91 Å². The molecule has 0 spiro atoms. The summed E-state index contributed by atoms with van der Waals surface area (Å²) in [6.07, 6.45) is 3.27. The van der Waals surface area contributed by atoms with Crippen LogP contribution < -0.4 is 21.9 Å². The molecular weight excluding hydrogens is 428 g/mol. The van der Waals surface area contributed by atoms with E-state index in [2.05, 4.69) is 20.6 Å². The van der Waals surface area contributed by atoms with Crippen molar-refractivity contribution in [1.29, 1.82) is 0 Å². The van der Waals surface area contributed by atoms with Gasteiger partial charge in [0.05, 0.1) is 17.8 Å². The number of nitrogens with one attached hydrogen (secondary N) is 2. The van der Waals surface area contributed by atoms with Crippen LogP contribution in [0.25, 0.3) is 10.8 Å². The number of aromatic nitrogens is 2. The van der Waals surface area contributed by atoms with Crippen molar-refractivity contribution in [1.82, 2.24) is 14.9 Å². The molecule has 0 unspecified atom stereocenters. The molecule has 0 radical (unpaired) electrons. The van der Waals surface area contributed by atoms with E-state index in [0.29, 0.717) is 34.5 Å². The Kier molecular flexibility index (Phi) is 6.07. The molecule has 1 amide bonds. The fraction of sp³-hybridized carbons (Fsp3) is 0.500. The Morgan fingerprint density at radius 1 is 1.42 bits per heavy atom. The van der Waals surface area contributed by atoms with Crippen LogP contribution in [0.15, 0.2) is 22.1 Å². The van der Waals surface area contributed by atoms with Gasteiger partial charge in [-0.05, 0) is 12.3 Å². The Labute approximate surface area is 190 Å². The molecule has 4 heterocycles. The molecule has 2 aliphatic rings. The summed E-state index contributed by atoms with van der Waals surface area (Å²) in [4.78, 5) is 44.3. The maximum Gasteiger partial charge on any atom is 0.328 e. The molecule has 11 nitrogen and oxygen atoms in total. The van der Waals surface area contributed by atoms with Crippen LogP contribution in [-0.4, -0.2) is 46.5 Å². The average Bonchev–Trinajstić information content (AvgIpc) is 3.27. The normalized spacial score (nSPS) is 22.3. The van der Waals surface area contributed by atoms with E-state index in [0.717, 1.165) is 0 Å². The third kappa shape index (κ3) is 4.40. The Bertz CT molecular complexity index is 1190. The molecule has 33 heavy (non-hydrogen) atoms. The summed E-state index contributed by atoms with van der Waals surface area (Å²) in [6, 6.07) is 0.577. The Morgan fingerprint density at radius 3 is 2.88 bits per heavy atom. The number of nitrogens with zero attached hydrogens (tertiary/aromatic N) is 3. The summed E-state index contributed by atoms with van der Waals surface area (Å²) in [5.74, 6) is 0.202. The quantitative estimate of drug-likeness (QED) is 0.556. The minimum atomic E-state index is -0.710. The summed E-state index contributed by atoms with van der Waals surface area (Å²) >= 11 is 0. The smallest absolute Gasteiger partial charge is 0.328 e. The first-order valence-corrected chi connectivity index (χ1v) is 10.9. The number of nitrogen functional groups attached to an aromatic ring is 1. The van der Waals surface area contributed by atoms with E-state index in [-0.39, 0.29) is 36.7 Å². The summed E-state index contributed by atoms with van der Waals surface area (Å²) in [5.41, 5.74) is 6.00. The summed E-state index contributed by atoms with van der Waals surface area (Å²) < 4.78 is 13.6. The lowest BCUT2D eigenvalue weighted by molar-refractivity contribution is -0.153. The molecule has 176 valence electrons. The van der Waals surface area contributed by atoms with Gasteiger partial charge in [0.1, 0.15) is 30.5 Å². The van der Waals surface area contributed by atoms with Crippen molar-refractivity contribution in [3.63, 3.8) is 0 Å². The third-order valence-electron chi connectivity index (χ3n) is 5.86. The zero-order valence-electron chi connectivity index (χ0n) is 19.0. The second kappa shape index (κ2) is 8.81. The maximum absolute atomic E-state index is 12.5. The Balaban J connectivity index is 1.54. The highest BCUT2D eigenvalue weighted by molar-refractivity contribution is 6.10. The van der Waals surface area contributed by atoms with E-state index >= 15 is 0 Å². The Hall–Kier alpha value is -3.47. The number of nitrogens with two attached hydrogens (primary N) is 1. The summed E-state index contributed by atoms with van der Waals surface area (Å²) in [5, 5.41) is 6.84. The predicted octanol–water partition coefficient (Wildman–Crippen LogP) is 1.69. The van der Waals surface area contributed by atoms with Crippen molar-refractivity contribution in [2.45, 2.75) is 52.5 Å². The number of aliphatic imine (C=N–C) groups is 1. The van der Waals surface area contributed by atoms with Gasteiger partial charge >= 0.3 is 5.97 Å². The minimum Gasteiger partial charge on any atom is -0.461 e. The number of hydrogen-bond donors (Lipinski definition) is 3. The van der Waals surface area contributed by atoms with Gasteiger partial charge in [0.15, 0.2) is 0 Å². The van der Waals surface area contributed by atoms with E-state index in [1.54, 1.807) is 0 Å². The van der Waals surface area contributed by atoms with Gasteiger partial charge in [-0.2, -0.15) is 4.98 Å². The second-order valence-electron chi connectivity index (χ2n) is 8.86. The number of carbonyl (C=O) groups is 2. The SMILES string of the molecule is CC(=O)N[C@H](C(=O)OC[C@@H]1C[C@H](C)[C@H](n2cc3c(N)cc(=O)nc4c3c2N=CN4)O1)C(C)C. The number of anilines is 2. The van der Waals surface area contributed by atoms with Crippen LogP contribution in [-0.2, 0) is 19.1 Å². The van der Waals surface area contributed by atoms with Gasteiger partial charge in [-0.15, -0.1) is 0 Å². The van der Waals surface area contributed by atoms with Crippen LogP contribution in [0, 0.1) is 11.8 Å².